The fourth-order valence-corrected chi connectivity index (χ4v) is 3.89. The summed E-state index contributed by atoms with van der Waals surface area (Å²) in [4.78, 5) is 29.3. The summed E-state index contributed by atoms with van der Waals surface area (Å²) in [6.07, 6.45) is 8.53. The summed E-state index contributed by atoms with van der Waals surface area (Å²) in [5.41, 5.74) is 5.17. The maximum atomic E-state index is 12.9. The summed E-state index contributed by atoms with van der Waals surface area (Å²) in [7, 11) is 0. The standard InChI is InChI=1S/C28H29N7O2/c1-17-5-8-22(32-27(37)21-15-31-35(16-21)28(2,3)4)13-23(17)24-11-20(14-30-34-24)19-9-10-29-25(12-19)33-26(36)18-6-7-18/h5,8-16,18H,6-7H2,1-4H3,(H,32,37)(H,29,33,36). The number of rotatable bonds is 6. The Labute approximate surface area is 215 Å². The normalized spacial score (nSPS) is 13.3. The van der Waals surface area contributed by atoms with Crippen molar-refractivity contribution in [1.29, 1.82) is 0 Å². The van der Waals surface area contributed by atoms with E-state index in [1.807, 2.05) is 64.1 Å². The molecule has 0 saturated heterocycles. The third kappa shape index (κ3) is 5.55. The molecule has 1 saturated carbocycles. The van der Waals surface area contributed by atoms with E-state index in [4.69, 9.17) is 0 Å². The zero-order valence-corrected chi connectivity index (χ0v) is 21.3. The van der Waals surface area contributed by atoms with Crippen LogP contribution in [-0.2, 0) is 10.3 Å². The molecular formula is C28H29N7O2. The molecular weight excluding hydrogens is 466 g/mol. The molecule has 5 rings (SSSR count). The number of benzene rings is 1. The first-order valence-electron chi connectivity index (χ1n) is 12.2. The molecule has 9 nitrogen and oxygen atoms in total. The number of carbonyl (C=O) groups excluding carboxylic acids is 2. The third-order valence-electron chi connectivity index (χ3n) is 6.25. The van der Waals surface area contributed by atoms with Crippen LogP contribution in [0.5, 0.6) is 0 Å². The van der Waals surface area contributed by atoms with Gasteiger partial charge in [0.25, 0.3) is 5.91 Å². The van der Waals surface area contributed by atoms with Gasteiger partial charge in [-0.25, -0.2) is 4.98 Å². The molecule has 1 fully saturated rings. The van der Waals surface area contributed by atoms with Crippen LogP contribution in [0.1, 0.15) is 49.5 Å². The number of aromatic nitrogens is 5. The van der Waals surface area contributed by atoms with Crippen molar-refractivity contribution in [3.63, 3.8) is 0 Å². The molecule has 0 radical (unpaired) electrons. The van der Waals surface area contributed by atoms with E-state index in [0.29, 0.717) is 22.8 Å². The smallest absolute Gasteiger partial charge is 0.258 e. The Hall–Kier alpha value is -4.40. The Balaban J connectivity index is 1.38. The second-order valence-corrected chi connectivity index (χ2v) is 10.4. The second-order valence-electron chi connectivity index (χ2n) is 10.4. The van der Waals surface area contributed by atoms with Gasteiger partial charge in [0.2, 0.25) is 5.91 Å². The summed E-state index contributed by atoms with van der Waals surface area (Å²) >= 11 is 0. The lowest BCUT2D eigenvalue weighted by Crippen LogP contribution is -2.22. The van der Waals surface area contributed by atoms with Gasteiger partial charge in [-0.1, -0.05) is 6.07 Å². The Kier molecular flexibility index (Phi) is 6.29. The fraction of sp³-hybridized carbons (Fsp3) is 0.286. The monoisotopic (exact) mass is 495 g/mol. The third-order valence-corrected chi connectivity index (χ3v) is 6.25. The molecule has 1 aliphatic carbocycles. The van der Waals surface area contributed by atoms with Crippen molar-refractivity contribution >= 4 is 23.3 Å². The molecule has 4 aromatic rings. The van der Waals surface area contributed by atoms with Gasteiger partial charge >= 0.3 is 0 Å². The largest absolute Gasteiger partial charge is 0.322 e. The van der Waals surface area contributed by atoms with Crippen LogP contribution in [0.25, 0.3) is 22.4 Å². The van der Waals surface area contributed by atoms with Crippen molar-refractivity contribution in [3.8, 4) is 22.4 Å². The molecule has 3 heterocycles. The minimum Gasteiger partial charge on any atom is -0.322 e. The molecule has 37 heavy (non-hydrogen) atoms. The van der Waals surface area contributed by atoms with Gasteiger partial charge in [-0.2, -0.15) is 15.3 Å². The van der Waals surface area contributed by atoms with Crippen LogP contribution in [0.15, 0.2) is 61.2 Å². The van der Waals surface area contributed by atoms with Gasteiger partial charge in [0.05, 0.1) is 29.2 Å². The van der Waals surface area contributed by atoms with Crippen LogP contribution in [0, 0.1) is 12.8 Å². The van der Waals surface area contributed by atoms with E-state index >= 15 is 0 Å². The number of anilines is 2. The number of nitrogens with one attached hydrogen (secondary N) is 2. The zero-order valence-electron chi connectivity index (χ0n) is 21.3. The molecule has 0 spiro atoms. The van der Waals surface area contributed by atoms with E-state index in [0.717, 1.165) is 35.1 Å². The lowest BCUT2D eigenvalue weighted by Gasteiger charge is -2.18. The maximum absolute atomic E-state index is 12.9. The molecule has 3 aromatic heterocycles. The fourth-order valence-electron chi connectivity index (χ4n) is 3.89. The average molecular weight is 496 g/mol. The quantitative estimate of drug-likeness (QED) is 0.386. The number of nitrogens with zero attached hydrogens (tertiary/aromatic N) is 5. The zero-order chi connectivity index (χ0) is 26.2. The van der Waals surface area contributed by atoms with Crippen LogP contribution < -0.4 is 10.6 Å². The highest BCUT2D eigenvalue weighted by Gasteiger charge is 2.29. The van der Waals surface area contributed by atoms with Gasteiger partial charge in [0.1, 0.15) is 5.82 Å². The molecule has 1 aliphatic rings. The molecule has 0 bridgehead atoms. The van der Waals surface area contributed by atoms with Gasteiger partial charge < -0.3 is 10.6 Å². The van der Waals surface area contributed by atoms with E-state index in [9.17, 15) is 9.59 Å². The minimum absolute atomic E-state index is 0.0124. The van der Waals surface area contributed by atoms with Crippen LogP contribution in [-0.4, -0.2) is 36.8 Å². The number of pyridine rings is 1. The predicted molar refractivity (Wildman–Crippen MR) is 142 cm³/mol. The number of amides is 2. The number of hydrogen-bond acceptors (Lipinski definition) is 6. The molecule has 2 amide bonds. The lowest BCUT2D eigenvalue weighted by molar-refractivity contribution is -0.117. The number of aryl methyl sites for hydroxylation is 1. The highest BCUT2D eigenvalue weighted by molar-refractivity contribution is 6.04. The van der Waals surface area contributed by atoms with Crippen molar-refractivity contribution in [2.45, 2.75) is 46.1 Å². The Morgan fingerprint density at radius 1 is 1.00 bits per heavy atom. The van der Waals surface area contributed by atoms with Crippen molar-refractivity contribution < 1.29 is 9.59 Å². The molecule has 0 aliphatic heterocycles. The van der Waals surface area contributed by atoms with Gasteiger partial charge in [-0.3, -0.25) is 14.3 Å². The minimum atomic E-state index is -0.234. The lowest BCUT2D eigenvalue weighted by atomic mass is 10.0. The van der Waals surface area contributed by atoms with Gasteiger partial charge in [0.15, 0.2) is 0 Å². The SMILES string of the molecule is Cc1ccc(NC(=O)c2cnn(C(C)(C)C)c2)cc1-c1cc(-c2ccnc(NC(=O)C3CC3)c2)cnn1. The van der Waals surface area contributed by atoms with Gasteiger partial charge in [0, 0.05) is 35.1 Å². The van der Waals surface area contributed by atoms with E-state index in [1.54, 1.807) is 29.5 Å². The van der Waals surface area contributed by atoms with E-state index < -0.39 is 0 Å². The second kappa shape index (κ2) is 9.57. The molecule has 2 N–H and O–H groups in total. The van der Waals surface area contributed by atoms with Gasteiger partial charge in [-0.15, -0.1) is 0 Å². The molecule has 188 valence electrons. The Morgan fingerprint density at radius 2 is 1.81 bits per heavy atom. The summed E-state index contributed by atoms with van der Waals surface area (Å²) in [5, 5.41) is 18.7. The maximum Gasteiger partial charge on any atom is 0.258 e. The van der Waals surface area contributed by atoms with E-state index in [1.165, 1.54) is 0 Å². The van der Waals surface area contributed by atoms with Crippen LogP contribution in [0.4, 0.5) is 11.5 Å². The first-order valence-corrected chi connectivity index (χ1v) is 12.2. The summed E-state index contributed by atoms with van der Waals surface area (Å²) in [6.45, 7) is 8.07. The Bertz CT molecular complexity index is 1480. The van der Waals surface area contributed by atoms with Crippen LogP contribution >= 0.6 is 0 Å². The number of carbonyl (C=O) groups is 2. The molecule has 0 unspecified atom stereocenters. The van der Waals surface area contributed by atoms with Crippen LogP contribution in [0.3, 0.4) is 0 Å². The average Bonchev–Trinajstić information content (AvgIpc) is 3.60. The van der Waals surface area contributed by atoms with Crippen LogP contribution in [0.2, 0.25) is 0 Å². The topological polar surface area (TPSA) is 115 Å². The van der Waals surface area contributed by atoms with Crippen molar-refractivity contribution in [3.05, 3.63) is 72.3 Å². The molecule has 0 atom stereocenters. The van der Waals surface area contributed by atoms with Crippen molar-refractivity contribution in [2.75, 3.05) is 10.6 Å². The molecule has 1 aromatic carbocycles. The van der Waals surface area contributed by atoms with Crippen molar-refractivity contribution in [2.24, 2.45) is 5.92 Å². The molecule has 9 heteroatoms. The predicted octanol–water partition coefficient (Wildman–Crippen LogP) is 5.07. The first kappa shape index (κ1) is 24.3. The summed E-state index contributed by atoms with van der Waals surface area (Å²) in [5.74, 6) is 0.398. The highest BCUT2D eigenvalue weighted by Crippen LogP contribution is 2.31. The first-order chi connectivity index (χ1) is 17.7. The highest BCUT2D eigenvalue weighted by atomic mass is 16.2. The van der Waals surface area contributed by atoms with Crippen molar-refractivity contribution in [1.82, 2.24) is 25.0 Å². The Morgan fingerprint density at radius 3 is 2.54 bits per heavy atom. The van der Waals surface area contributed by atoms with E-state index in [-0.39, 0.29) is 23.3 Å². The van der Waals surface area contributed by atoms with Gasteiger partial charge in [-0.05, 0) is 82.0 Å². The number of hydrogen-bond donors (Lipinski definition) is 2. The van der Waals surface area contributed by atoms with E-state index in [2.05, 4.69) is 30.9 Å². The summed E-state index contributed by atoms with van der Waals surface area (Å²) < 4.78 is 1.77. The summed E-state index contributed by atoms with van der Waals surface area (Å²) in [6, 6.07) is 11.3.